The number of methoxy groups -OCH3 is 1. The Morgan fingerprint density at radius 2 is 1.83 bits per heavy atom. The van der Waals surface area contributed by atoms with Gasteiger partial charge in [0.25, 0.3) is 5.56 Å². The zero-order valence-corrected chi connectivity index (χ0v) is 30.0. The first-order chi connectivity index (χ1) is 22.6. The minimum absolute atomic E-state index is 0.0646. The zero-order valence-electron chi connectivity index (χ0n) is 27.0. The molecule has 1 aliphatic heterocycles. The molecule has 1 aliphatic rings. The molecule has 0 N–H and O–H groups in total. The van der Waals surface area contributed by atoms with Gasteiger partial charge in [-0.1, -0.05) is 41.7 Å². The van der Waals surface area contributed by atoms with E-state index in [2.05, 4.69) is 53.4 Å². The van der Waals surface area contributed by atoms with Crippen LogP contribution in [-0.4, -0.2) is 30.4 Å². The maximum absolute atomic E-state index is 14.2. The molecule has 0 unspecified atom stereocenters. The van der Waals surface area contributed by atoms with Crippen LogP contribution in [0.15, 0.2) is 94.4 Å². The molecule has 0 fully saturated rings. The second kappa shape index (κ2) is 15.2. The molecule has 0 bridgehead atoms. The number of esters is 1. The van der Waals surface area contributed by atoms with Crippen molar-refractivity contribution in [2.24, 2.45) is 4.99 Å². The molecule has 5 rings (SSSR count). The third-order valence-corrected chi connectivity index (χ3v) is 9.14. The fourth-order valence-corrected chi connectivity index (χ4v) is 6.76. The first-order valence-electron chi connectivity index (χ1n) is 15.3. The van der Waals surface area contributed by atoms with Crippen molar-refractivity contribution in [3.8, 4) is 17.2 Å². The number of allylic oxidation sites excluding steroid dienone is 2. The minimum Gasteiger partial charge on any atom is -0.493 e. The normalized spacial score (nSPS) is 14.4. The number of nitrogens with zero attached hydrogens (tertiary/aromatic N) is 2. The predicted molar refractivity (Wildman–Crippen MR) is 193 cm³/mol. The van der Waals surface area contributed by atoms with Crippen molar-refractivity contribution < 1.29 is 23.7 Å². The average molecular weight is 765 g/mol. The third-order valence-electron chi connectivity index (χ3n) is 7.44. The Bertz CT molecular complexity index is 2010. The summed E-state index contributed by atoms with van der Waals surface area (Å²) in [5.74, 6) is 1.30. The quantitative estimate of drug-likeness (QED) is 0.0930. The lowest BCUT2D eigenvalue weighted by Crippen LogP contribution is -2.40. The molecule has 0 saturated carbocycles. The summed E-state index contributed by atoms with van der Waals surface area (Å²) in [4.78, 5) is 32.7. The zero-order chi connectivity index (χ0) is 33.7. The van der Waals surface area contributed by atoms with Gasteiger partial charge in [-0.15, -0.1) is 6.58 Å². The predicted octanol–water partition coefficient (Wildman–Crippen LogP) is 6.51. The molecule has 47 heavy (non-hydrogen) atoms. The Morgan fingerprint density at radius 1 is 1.09 bits per heavy atom. The number of carbonyl (C=O) groups excluding carboxylic acids is 1. The van der Waals surface area contributed by atoms with E-state index in [1.54, 1.807) is 37.7 Å². The largest absolute Gasteiger partial charge is 0.493 e. The van der Waals surface area contributed by atoms with E-state index in [-0.39, 0.29) is 18.3 Å². The van der Waals surface area contributed by atoms with E-state index in [4.69, 9.17) is 23.9 Å². The van der Waals surface area contributed by atoms with Crippen molar-refractivity contribution in [1.82, 2.24) is 4.57 Å². The van der Waals surface area contributed by atoms with Crippen LogP contribution in [0.4, 0.5) is 0 Å². The Labute approximate surface area is 291 Å². The summed E-state index contributed by atoms with van der Waals surface area (Å²) in [6.45, 7) is 11.9. The number of aromatic nitrogens is 1. The van der Waals surface area contributed by atoms with Crippen LogP contribution in [0.2, 0.25) is 0 Å². The molecule has 1 aromatic heterocycles. The molecular formula is C37H37IN2O6S. The minimum atomic E-state index is -0.775. The second-order valence-corrected chi connectivity index (χ2v) is 13.4. The number of thiazole rings is 1. The Kier molecular flexibility index (Phi) is 11.0. The monoisotopic (exact) mass is 764 g/mol. The molecule has 0 aliphatic carbocycles. The van der Waals surface area contributed by atoms with Crippen molar-refractivity contribution in [3.05, 3.63) is 130 Å². The van der Waals surface area contributed by atoms with Crippen LogP contribution in [0.1, 0.15) is 56.0 Å². The molecular weight excluding hydrogens is 727 g/mol. The van der Waals surface area contributed by atoms with Gasteiger partial charge in [0, 0.05) is 3.57 Å². The van der Waals surface area contributed by atoms with Gasteiger partial charge in [-0.3, -0.25) is 9.36 Å². The van der Waals surface area contributed by atoms with E-state index < -0.39 is 12.0 Å². The van der Waals surface area contributed by atoms with Crippen molar-refractivity contribution in [1.29, 1.82) is 0 Å². The molecule has 1 atom stereocenters. The number of carbonyl (C=O) groups is 1. The summed E-state index contributed by atoms with van der Waals surface area (Å²) in [5.41, 5.74) is 4.07. The summed E-state index contributed by atoms with van der Waals surface area (Å²) < 4.78 is 26.4. The molecule has 2 heterocycles. The van der Waals surface area contributed by atoms with Crippen LogP contribution in [0.3, 0.4) is 0 Å². The molecule has 0 spiro atoms. The molecule has 0 amide bonds. The standard InChI is InChI=1S/C37H37IN2O6S/c1-7-9-26-18-25(12-16-29(26)45-21-24-10-14-28(38)15-11-24)19-32-35(41)40-34(27-13-17-30(46-22(3)4)31(20-27)43-6)33(36(42)44-8-2)23(5)39-37(40)47-32/h7,10-20,22,34H,1,8-9,21H2,2-6H3/b32-19-/t34-/m0/s1. The maximum atomic E-state index is 14.2. The first-order valence-corrected chi connectivity index (χ1v) is 17.2. The Balaban J connectivity index is 1.58. The molecule has 10 heteroatoms. The number of fused-ring (bicyclic) bond motifs is 1. The molecule has 4 aromatic rings. The van der Waals surface area contributed by atoms with Crippen LogP contribution in [0.25, 0.3) is 6.08 Å². The summed E-state index contributed by atoms with van der Waals surface area (Å²) in [6, 6.07) is 18.7. The Morgan fingerprint density at radius 3 is 2.51 bits per heavy atom. The highest BCUT2D eigenvalue weighted by molar-refractivity contribution is 14.1. The SMILES string of the molecule is C=CCc1cc(/C=c2\sc3n(c2=O)[C@@H](c2ccc(OC(C)C)c(OC)c2)C(C(=O)OCC)=C(C)N=3)ccc1OCc1ccc(I)cc1. The highest BCUT2D eigenvalue weighted by atomic mass is 127. The highest BCUT2D eigenvalue weighted by Crippen LogP contribution is 2.36. The topological polar surface area (TPSA) is 88.4 Å². The number of hydrogen-bond acceptors (Lipinski definition) is 8. The Hall–Kier alpha value is -4.16. The smallest absolute Gasteiger partial charge is 0.338 e. The van der Waals surface area contributed by atoms with E-state index >= 15 is 0 Å². The van der Waals surface area contributed by atoms with E-state index in [1.807, 2.05) is 50.3 Å². The number of benzene rings is 3. The lowest BCUT2D eigenvalue weighted by Gasteiger charge is -2.25. The summed E-state index contributed by atoms with van der Waals surface area (Å²) in [7, 11) is 1.56. The molecule has 0 saturated heterocycles. The molecule has 244 valence electrons. The van der Waals surface area contributed by atoms with Gasteiger partial charge in [-0.25, -0.2) is 9.79 Å². The number of hydrogen-bond donors (Lipinski definition) is 0. The van der Waals surface area contributed by atoms with E-state index in [0.29, 0.717) is 50.7 Å². The van der Waals surface area contributed by atoms with Gasteiger partial charge < -0.3 is 18.9 Å². The van der Waals surface area contributed by atoms with Crippen LogP contribution >= 0.6 is 33.9 Å². The van der Waals surface area contributed by atoms with E-state index in [9.17, 15) is 9.59 Å². The van der Waals surface area contributed by atoms with Gasteiger partial charge in [0.05, 0.1) is 41.7 Å². The van der Waals surface area contributed by atoms with Crippen molar-refractivity contribution in [2.75, 3.05) is 13.7 Å². The lowest BCUT2D eigenvalue weighted by atomic mass is 9.95. The fraction of sp³-hybridized carbons (Fsp3) is 0.270. The fourth-order valence-electron chi connectivity index (χ4n) is 5.35. The van der Waals surface area contributed by atoms with Gasteiger partial charge in [-0.2, -0.15) is 0 Å². The summed E-state index contributed by atoms with van der Waals surface area (Å²) >= 11 is 3.56. The third kappa shape index (κ3) is 7.70. The van der Waals surface area contributed by atoms with E-state index in [0.717, 1.165) is 22.4 Å². The van der Waals surface area contributed by atoms with E-state index in [1.165, 1.54) is 14.9 Å². The van der Waals surface area contributed by atoms with Crippen LogP contribution < -0.4 is 29.1 Å². The second-order valence-electron chi connectivity index (χ2n) is 11.2. The summed E-state index contributed by atoms with van der Waals surface area (Å²) in [5, 5.41) is 0. The molecule has 3 aromatic carbocycles. The highest BCUT2D eigenvalue weighted by Gasteiger charge is 2.34. The number of rotatable bonds is 12. The number of ether oxygens (including phenoxy) is 4. The van der Waals surface area contributed by atoms with Gasteiger partial charge >= 0.3 is 5.97 Å². The van der Waals surface area contributed by atoms with Gasteiger partial charge in [0.1, 0.15) is 12.4 Å². The van der Waals surface area contributed by atoms with Gasteiger partial charge in [-0.05, 0) is 121 Å². The van der Waals surface area contributed by atoms with Crippen LogP contribution in [-0.2, 0) is 22.6 Å². The van der Waals surface area contributed by atoms with Crippen molar-refractivity contribution in [3.63, 3.8) is 0 Å². The van der Waals surface area contributed by atoms with Crippen molar-refractivity contribution in [2.45, 2.75) is 52.9 Å². The maximum Gasteiger partial charge on any atom is 0.338 e. The molecule has 8 nitrogen and oxygen atoms in total. The first kappa shape index (κ1) is 34.2. The lowest BCUT2D eigenvalue weighted by molar-refractivity contribution is -0.139. The van der Waals surface area contributed by atoms with Gasteiger partial charge in [0.15, 0.2) is 16.3 Å². The summed E-state index contributed by atoms with van der Waals surface area (Å²) in [6.07, 6.45) is 4.21. The molecule has 0 radical (unpaired) electrons. The average Bonchev–Trinajstić information content (AvgIpc) is 3.34. The van der Waals surface area contributed by atoms with Crippen LogP contribution in [0.5, 0.6) is 17.2 Å². The van der Waals surface area contributed by atoms with Crippen LogP contribution in [0, 0.1) is 3.57 Å². The number of halogens is 1. The van der Waals surface area contributed by atoms with Gasteiger partial charge in [0.2, 0.25) is 0 Å². The van der Waals surface area contributed by atoms with Crippen molar-refractivity contribution >= 4 is 46.0 Å².